The predicted octanol–water partition coefficient (Wildman–Crippen LogP) is 6.92. The number of aromatic nitrogens is 4. The van der Waals surface area contributed by atoms with E-state index in [1.165, 1.54) is 6.92 Å². The van der Waals surface area contributed by atoms with Crippen molar-refractivity contribution in [1.29, 1.82) is 0 Å². The Morgan fingerprint density at radius 1 is 0.725 bits per heavy atom. The molecule has 4 atom stereocenters. The van der Waals surface area contributed by atoms with Gasteiger partial charge in [0.15, 0.2) is 0 Å². The second kappa shape index (κ2) is 15.0. The number of amides is 2. The molecule has 264 valence electrons. The first-order valence-corrected chi connectivity index (χ1v) is 18.2. The van der Waals surface area contributed by atoms with Crippen molar-refractivity contribution in [2.24, 2.45) is 0 Å². The number of aromatic amines is 2. The van der Waals surface area contributed by atoms with Gasteiger partial charge in [-0.25, -0.2) is 9.97 Å². The Morgan fingerprint density at radius 3 is 1.63 bits per heavy atom. The van der Waals surface area contributed by atoms with Crippen LogP contribution in [0.5, 0.6) is 0 Å². The lowest BCUT2D eigenvalue weighted by molar-refractivity contribution is -0.140. The Balaban J connectivity index is 1.03. The van der Waals surface area contributed by atoms with Crippen LogP contribution in [0, 0.1) is 0 Å². The Bertz CT molecular complexity index is 1930. The van der Waals surface area contributed by atoms with Gasteiger partial charge in [-0.15, -0.1) is 0 Å². The van der Waals surface area contributed by atoms with Gasteiger partial charge < -0.3 is 24.9 Å². The first-order valence-electron chi connectivity index (χ1n) is 18.2. The molecule has 0 spiro atoms. The molecule has 51 heavy (non-hydrogen) atoms. The maximum absolute atomic E-state index is 14.2. The smallest absolute Gasteiger partial charge is 0.251 e. The number of aliphatic hydroxyl groups is 1. The van der Waals surface area contributed by atoms with Crippen molar-refractivity contribution in [3.05, 3.63) is 108 Å². The van der Waals surface area contributed by atoms with Crippen LogP contribution in [-0.4, -0.2) is 83.8 Å². The number of nitrogens with zero attached hydrogens (tertiary/aromatic N) is 5. The highest BCUT2D eigenvalue weighted by atomic mass is 16.3. The van der Waals surface area contributed by atoms with E-state index in [2.05, 4.69) is 94.4 Å². The van der Waals surface area contributed by atoms with Gasteiger partial charge >= 0.3 is 0 Å². The van der Waals surface area contributed by atoms with E-state index in [1.807, 2.05) is 35.5 Å². The third-order valence-electron chi connectivity index (χ3n) is 10.5. The van der Waals surface area contributed by atoms with Crippen LogP contribution in [0.15, 0.2) is 91.3 Å². The number of hydrogen-bond acceptors (Lipinski definition) is 6. The van der Waals surface area contributed by atoms with Gasteiger partial charge in [0.05, 0.1) is 35.9 Å². The molecule has 10 nitrogen and oxygen atoms in total. The zero-order chi connectivity index (χ0) is 35.5. The second-order valence-corrected chi connectivity index (χ2v) is 13.6. The normalized spacial score (nSPS) is 18.8. The third-order valence-corrected chi connectivity index (χ3v) is 10.5. The Morgan fingerprint density at radius 2 is 1.18 bits per heavy atom. The Kier molecular flexibility index (Phi) is 10.1. The van der Waals surface area contributed by atoms with E-state index in [4.69, 9.17) is 4.98 Å². The van der Waals surface area contributed by atoms with E-state index in [1.54, 1.807) is 4.90 Å². The molecular weight excluding hydrogens is 638 g/mol. The molecule has 5 aromatic rings. The number of imidazole rings is 2. The molecule has 3 aromatic carbocycles. The maximum Gasteiger partial charge on any atom is 0.251 e. The van der Waals surface area contributed by atoms with E-state index in [9.17, 15) is 14.7 Å². The minimum atomic E-state index is -1.02. The van der Waals surface area contributed by atoms with Crippen LogP contribution in [0.4, 0.5) is 0 Å². The molecule has 10 heteroatoms. The van der Waals surface area contributed by atoms with Crippen LogP contribution in [0.1, 0.15) is 81.8 Å². The summed E-state index contributed by atoms with van der Waals surface area (Å²) < 4.78 is 0. The fourth-order valence-corrected chi connectivity index (χ4v) is 7.75. The van der Waals surface area contributed by atoms with E-state index < -0.39 is 6.10 Å². The van der Waals surface area contributed by atoms with E-state index >= 15 is 0 Å². The quantitative estimate of drug-likeness (QED) is 0.139. The third kappa shape index (κ3) is 6.98. The molecule has 0 radical (unpaired) electrons. The molecule has 2 aromatic heterocycles. The van der Waals surface area contributed by atoms with Crippen molar-refractivity contribution in [1.82, 2.24) is 34.6 Å². The average molecular weight is 686 g/mol. The summed E-state index contributed by atoms with van der Waals surface area (Å²) in [6.07, 6.45) is 6.22. The minimum Gasteiger partial charge on any atom is -0.384 e. The first-order chi connectivity index (χ1) is 24.9. The maximum atomic E-state index is 14.2. The van der Waals surface area contributed by atoms with Gasteiger partial charge in [-0.2, -0.15) is 0 Å². The summed E-state index contributed by atoms with van der Waals surface area (Å²) in [7, 11) is 0. The van der Waals surface area contributed by atoms with E-state index in [0.29, 0.717) is 6.54 Å². The highest BCUT2D eigenvalue weighted by Crippen LogP contribution is 2.36. The number of benzene rings is 3. The molecule has 2 aliphatic rings. The summed E-state index contributed by atoms with van der Waals surface area (Å²) in [4.78, 5) is 49.0. The van der Waals surface area contributed by atoms with Crippen molar-refractivity contribution < 1.29 is 14.7 Å². The highest BCUT2D eigenvalue weighted by molar-refractivity contribution is 5.84. The number of H-pyrrole nitrogens is 2. The lowest BCUT2D eigenvalue weighted by Crippen LogP contribution is -2.43. The molecule has 0 saturated carbocycles. The minimum absolute atomic E-state index is 0.0828. The molecule has 2 amide bonds. The number of likely N-dealkylation sites (tertiary alicyclic amines) is 2. The van der Waals surface area contributed by atoms with Crippen molar-refractivity contribution in [3.8, 4) is 33.6 Å². The molecular formula is C41H47N7O3. The van der Waals surface area contributed by atoms with Crippen molar-refractivity contribution in [2.45, 2.75) is 70.7 Å². The van der Waals surface area contributed by atoms with Crippen LogP contribution in [-0.2, 0) is 9.59 Å². The van der Waals surface area contributed by atoms with Gasteiger partial charge in [-0.3, -0.25) is 14.5 Å². The fraction of sp³-hybridized carbons (Fsp3) is 0.366. The summed E-state index contributed by atoms with van der Waals surface area (Å²) in [5.41, 5.74) is 7.10. The molecule has 0 bridgehead atoms. The number of aliphatic hydroxyl groups excluding tert-OH is 1. The number of nitrogens with one attached hydrogen (secondary N) is 2. The highest BCUT2D eigenvalue weighted by Gasteiger charge is 2.38. The van der Waals surface area contributed by atoms with Crippen molar-refractivity contribution in [3.63, 3.8) is 0 Å². The molecule has 2 fully saturated rings. The number of hydrogen-bond donors (Lipinski definition) is 3. The van der Waals surface area contributed by atoms with Crippen LogP contribution in [0.3, 0.4) is 0 Å². The van der Waals surface area contributed by atoms with Gasteiger partial charge in [0.25, 0.3) is 5.91 Å². The molecule has 0 aliphatic carbocycles. The van der Waals surface area contributed by atoms with E-state index in [0.717, 1.165) is 96.2 Å². The number of carbonyl (C=O) groups excluding carboxylic acids is 2. The van der Waals surface area contributed by atoms with Gasteiger partial charge in [0.1, 0.15) is 23.8 Å². The van der Waals surface area contributed by atoms with Crippen LogP contribution < -0.4 is 0 Å². The molecule has 2 saturated heterocycles. The van der Waals surface area contributed by atoms with Crippen LogP contribution >= 0.6 is 0 Å². The lowest BCUT2D eigenvalue weighted by atomic mass is 10.0. The SMILES string of the molecule is CCN(CC)[C@@H](C(=O)N1CCC[C@H]1c1ncc(-c2ccc(-c3ccc(-c4cnc([C@@H]5CCCN5C(=O)[C@@H](C)O)[nH]4)cc3)cc2)[nH]1)c1ccccc1. The Hall–Kier alpha value is -5.06. The zero-order valence-corrected chi connectivity index (χ0v) is 29.6. The topological polar surface area (TPSA) is 121 Å². The monoisotopic (exact) mass is 685 g/mol. The summed E-state index contributed by atoms with van der Waals surface area (Å²) in [5.74, 6) is 1.47. The second-order valence-electron chi connectivity index (χ2n) is 13.6. The lowest BCUT2D eigenvalue weighted by Gasteiger charge is -2.34. The summed E-state index contributed by atoms with van der Waals surface area (Å²) in [6.45, 7) is 8.69. The molecule has 3 N–H and O–H groups in total. The largest absolute Gasteiger partial charge is 0.384 e. The summed E-state index contributed by atoms with van der Waals surface area (Å²) >= 11 is 0. The molecule has 2 aliphatic heterocycles. The van der Waals surface area contributed by atoms with Crippen molar-refractivity contribution >= 4 is 11.8 Å². The standard InChI is InChI=1S/C41H47N7O3/c1-4-46(5-2)37(32-11-7-6-8-12-32)41(51)48-24-10-14-36(48)39-43-26-34(45-39)31-21-17-29(18-22-31)28-15-19-30(20-16-28)33-25-42-38(44-33)35-13-9-23-47(35)40(50)27(3)49/h6-8,11-12,15-22,25-27,35-37,49H,4-5,9-10,13-14,23-24H2,1-3H3,(H,42,44)(H,43,45)/t27-,35+,36+,37-/m1/s1. The van der Waals surface area contributed by atoms with Crippen LogP contribution in [0.25, 0.3) is 33.6 Å². The van der Waals surface area contributed by atoms with E-state index in [-0.39, 0.29) is 29.9 Å². The number of rotatable bonds is 11. The Labute approximate surface area is 299 Å². The molecule has 4 heterocycles. The van der Waals surface area contributed by atoms with Gasteiger partial charge in [0, 0.05) is 13.1 Å². The number of carbonyl (C=O) groups is 2. The van der Waals surface area contributed by atoms with Crippen molar-refractivity contribution in [2.75, 3.05) is 26.2 Å². The van der Waals surface area contributed by atoms with Gasteiger partial charge in [-0.05, 0) is 73.5 Å². The molecule has 7 rings (SSSR count). The van der Waals surface area contributed by atoms with Gasteiger partial charge in [-0.1, -0.05) is 92.7 Å². The summed E-state index contributed by atoms with van der Waals surface area (Å²) in [6, 6.07) is 26.4. The van der Waals surface area contributed by atoms with Gasteiger partial charge in [0.2, 0.25) is 5.91 Å². The average Bonchev–Trinajstić information content (AvgIpc) is 4.00. The molecule has 0 unspecified atom stereocenters. The summed E-state index contributed by atoms with van der Waals surface area (Å²) in [5, 5.41) is 9.82. The number of likely N-dealkylation sites (N-methyl/N-ethyl adjacent to an activating group) is 1. The van der Waals surface area contributed by atoms with Crippen LogP contribution in [0.2, 0.25) is 0 Å². The zero-order valence-electron chi connectivity index (χ0n) is 29.6. The predicted molar refractivity (Wildman–Crippen MR) is 198 cm³/mol. The fourth-order valence-electron chi connectivity index (χ4n) is 7.75. The first kappa shape index (κ1) is 34.4.